The van der Waals surface area contributed by atoms with Crippen LogP contribution in [0.5, 0.6) is 0 Å². The minimum absolute atomic E-state index is 0.189. The predicted octanol–water partition coefficient (Wildman–Crippen LogP) is 10.5. The van der Waals surface area contributed by atoms with Crippen molar-refractivity contribution in [1.29, 1.82) is 0 Å². The van der Waals surface area contributed by atoms with Gasteiger partial charge >= 0.3 is 27.6 Å². The number of aliphatic hydroxyl groups excluding tert-OH is 3. The van der Waals surface area contributed by atoms with E-state index in [1.54, 1.807) is 0 Å². The highest BCUT2D eigenvalue weighted by atomic mass is 31.2. The van der Waals surface area contributed by atoms with Crippen LogP contribution < -0.4 is 0 Å². The van der Waals surface area contributed by atoms with E-state index in [9.17, 15) is 43.8 Å². The zero-order valence-electron chi connectivity index (χ0n) is 38.3. The molecule has 0 fully saturated rings. The summed E-state index contributed by atoms with van der Waals surface area (Å²) in [5.74, 6) is -0.998. The molecule has 0 amide bonds. The molecule has 5 unspecified atom stereocenters. The SMILES string of the molecule is CCCCC/C=C\C/C=C\CCCCCCCCCC(=O)OCC(O)COP(=O)(O)OCC(O)COP(=O)(O)OCC(O)COC(=O)CCCCCCCCCCCCCCC. The number of aliphatic hydroxyl groups is 3. The Labute approximate surface area is 373 Å². The van der Waals surface area contributed by atoms with E-state index in [1.165, 1.54) is 96.3 Å². The van der Waals surface area contributed by atoms with Crippen molar-refractivity contribution in [1.82, 2.24) is 0 Å². The van der Waals surface area contributed by atoms with Crippen LogP contribution in [0.25, 0.3) is 0 Å². The van der Waals surface area contributed by atoms with E-state index < -0.39 is 85.5 Å². The van der Waals surface area contributed by atoms with Crippen molar-refractivity contribution in [3.05, 3.63) is 24.3 Å². The van der Waals surface area contributed by atoms with Gasteiger partial charge in [-0.3, -0.25) is 27.7 Å². The van der Waals surface area contributed by atoms with E-state index in [0.29, 0.717) is 12.8 Å². The second-order valence-corrected chi connectivity index (χ2v) is 19.0. The van der Waals surface area contributed by atoms with Gasteiger partial charge in [0, 0.05) is 12.8 Å². The Hall–Kier alpha value is -1.48. The van der Waals surface area contributed by atoms with Crippen molar-refractivity contribution < 1.29 is 71.4 Å². The Morgan fingerprint density at radius 3 is 1.05 bits per heavy atom. The molecule has 5 atom stereocenters. The van der Waals surface area contributed by atoms with Gasteiger partial charge in [0.15, 0.2) is 0 Å². The molecule has 0 heterocycles. The summed E-state index contributed by atoms with van der Waals surface area (Å²) in [7, 11) is -9.56. The van der Waals surface area contributed by atoms with Crippen molar-refractivity contribution in [2.75, 3.05) is 39.6 Å². The summed E-state index contributed by atoms with van der Waals surface area (Å²) in [5, 5.41) is 30.0. The van der Waals surface area contributed by atoms with E-state index in [4.69, 9.17) is 9.47 Å². The molecule has 0 aliphatic rings. The number of hydrogen-bond acceptors (Lipinski definition) is 13. The van der Waals surface area contributed by atoms with Crippen LogP contribution in [0, 0.1) is 0 Å². The van der Waals surface area contributed by atoms with Gasteiger partial charge in [-0.2, -0.15) is 0 Å². The number of hydrogen-bond donors (Lipinski definition) is 5. The fraction of sp³-hybridized carbons (Fsp3) is 0.867. The number of carbonyl (C=O) groups excluding carboxylic acids is 2. The van der Waals surface area contributed by atoms with Crippen molar-refractivity contribution in [2.24, 2.45) is 0 Å². The third-order valence-corrected chi connectivity index (χ3v) is 11.8. The smallest absolute Gasteiger partial charge is 0.463 e. The normalized spacial score (nSPS) is 15.4. The maximum atomic E-state index is 12.1. The van der Waals surface area contributed by atoms with Crippen LogP contribution in [-0.2, 0) is 46.3 Å². The molecule has 62 heavy (non-hydrogen) atoms. The third kappa shape index (κ3) is 43.8. The van der Waals surface area contributed by atoms with Crippen LogP contribution in [0.3, 0.4) is 0 Å². The lowest BCUT2D eigenvalue weighted by Gasteiger charge is -2.19. The molecule has 0 radical (unpaired) electrons. The number of phosphoric ester groups is 2. The molecule has 0 aromatic heterocycles. The summed E-state index contributed by atoms with van der Waals surface area (Å²) < 4.78 is 52.9. The number of allylic oxidation sites excluding steroid dienone is 4. The first-order valence-corrected chi connectivity index (χ1v) is 26.7. The van der Waals surface area contributed by atoms with Crippen molar-refractivity contribution >= 4 is 27.6 Å². The van der Waals surface area contributed by atoms with Crippen molar-refractivity contribution in [3.8, 4) is 0 Å². The zero-order chi connectivity index (χ0) is 46.0. The van der Waals surface area contributed by atoms with Crippen LogP contribution in [0.4, 0.5) is 0 Å². The molecule has 366 valence electrons. The number of unbranched alkanes of at least 4 members (excludes halogenated alkanes) is 22. The standard InChI is InChI=1S/C45H86O15P2/c1-3-5-7-9-11-13-15-17-18-19-20-22-24-26-28-30-32-34-45(50)56-36-42(47)38-58-62(53,54)60-40-43(48)39-59-61(51,52)57-37-41(46)35-55-44(49)33-31-29-27-25-23-21-16-14-12-10-8-6-4-2/h11,13,17-18,41-43,46-48H,3-10,12,14-16,19-40H2,1-2H3,(H,51,52)(H,53,54)/b13-11-,18-17-. The van der Waals surface area contributed by atoms with Gasteiger partial charge in [-0.1, -0.05) is 160 Å². The molecule has 0 saturated heterocycles. The van der Waals surface area contributed by atoms with Gasteiger partial charge < -0.3 is 34.6 Å². The summed E-state index contributed by atoms with van der Waals surface area (Å²) in [4.78, 5) is 43.7. The molecule has 0 aromatic rings. The van der Waals surface area contributed by atoms with Gasteiger partial charge in [0.1, 0.15) is 31.5 Å². The Bertz CT molecular complexity index is 1220. The number of rotatable bonds is 46. The van der Waals surface area contributed by atoms with Gasteiger partial charge in [0.2, 0.25) is 0 Å². The molecule has 0 aliphatic carbocycles. The zero-order valence-corrected chi connectivity index (χ0v) is 40.1. The Morgan fingerprint density at radius 1 is 0.419 bits per heavy atom. The van der Waals surface area contributed by atoms with E-state index in [2.05, 4.69) is 56.2 Å². The highest BCUT2D eigenvalue weighted by molar-refractivity contribution is 7.47. The van der Waals surface area contributed by atoms with Gasteiger partial charge in [-0.25, -0.2) is 9.13 Å². The monoisotopic (exact) mass is 929 g/mol. The van der Waals surface area contributed by atoms with Crippen LogP contribution in [0.2, 0.25) is 0 Å². The average molecular weight is 929 g/mol. The maximum Gasteiger partial charge on any atom is 0.472 e. The quantitative estimate of drug-likeness (QED) is 0.0166. The predicted molar refractivity (Wildman–Crippen MR) is 242 cm³/mol. The third-order valence-electron chi connectivity index (χ3n) is 9.91. The van der Waals surface area contributed by atoms with E-state index >= 15 is 0 Å². The average Bonchev–Trinajstić information content (AvgIpc) is 3.24. The lowest BCUT2D eigenvalue weighted by Crippen LogP contribution is -2.25. The Kier molecular flexibility index (Phi) is 41.2. The molecule has 17 heteroatoms. The van der Waals surface area contributed by atoms with Crippen molar-refractivity contribution in [3.63, 3.8) is 0 Å². The Morgan fingerprint density at radius 2 is 0.694 bits per heavy atom. The summed E-state index contributed by atoms with van der Waals surface area (Å²) in [6, 6.07) is 0. The first-order chi connectivity index (χ1) is 29.8. The molecule has 5 N–H and O–H groups in total. The minimum atomic E-state index is -4.78. The largest absolute Gasteiger partial charge is 0.472 e. The van der Waals surface area contributed by atoms with Crippen LogP contribution in [-0.4, -0.2) is 95.0 Å². The van der Waals surface area contributed by atoms with E-state index in [1.807, 2.05) is 0 Å². The highest BCUT2D eigenvalue weighted by Gasteiger charge is 2.28. The van der Waals surface area contributed by atoms with Crippen LogP contribution in [0.15, 0.2) is 24.3 Å². The topological polar surface area (TPSA) is 225 Å². The lowest BCUT2D eigenvalue weighted by atomic mass is 10.0. The van der Waals surface area contributed by atoms with Gasteiger partial charge in [0.25, 0.3) is 0 Å². The second kappa shape index (κ2) is 42.2. The highest BCUT2D eigenvalue weighted by Crippen LogP contribution is 2.45. The number of carbonyl (C=O) groups is 2. The Balaban J connectivity index is 3.89. The lowest BCUT2D eigenvalue weighted by molar-refractivity contribution is -0.148. The summed E-state index contributed by atoms with van der Waals surface area (Å²) in [5.41, 5.74) is 0. The second-order valence-electron chi connectivity index (χ2n) is 16.1. The summed E-state index contributed by atoms with van der Waals surface area (Å²) in [6.45, 7) is 0.399. The van der Waals surface area contributed by atoms with Gasteiger partial charge in [0.05, 0.1) is 26.4 Å². The van der Waals surface area contributed by atoms with Crippen LogP contribution in [0.1, 0.15) is 194 Å². The fourth-order valence-electron chi connectivity index (χ4n) is 6.18. The molecule has 0 saturated carbocycles. The molecule has 0 spiro atoms. The molecule has 0 rings (SSSR count). The van der Waals surface area contributed by atoms with E-state index in [-0.39, 0.29) is 12.8 Å². The molecule has 15 nitrogen and oxygen atoms in total. The molecule has 0 aliphatic heterocycles. The number of ether oxygens (including phenoxy) is 2. The molecule has 0 aromatic carbocycles. The fourth-order valence-corrected chi connectivity index (χ4v) is 7.77. The molecule has 0 bridgehead atoms. The van der Waals surface area contributed by atoms with Gasteiger partial charge in [-0.15, -0.1) is 0 Å². The minimum Gasteiger partial charge on any atom is -0.463 e. The number of esters is 2. The molecular weight excluding hydrogens is 842 g/mol. The summed E-state index contributed by atoms with van der Waals surface area (Å²) >= 11 is 0. The maximum absolute atomic E-state index is 12.1. The van der Waals surface area contributed by atoms with Gasteiger partial charge in [-0.05, 0) is 44.9 Å². The molecular formula is C45H86O15P2. The number of phosphoric acid groups is 2. The van der Waals surface area contributed by atoms with E-state index in [0.717, 1.165) is 57.8 Å². The first-order valence-electron chi connectivity index (χ1n) is 23.7. The first kappa shape index (κ1) is 60.5. The van der Waals surface area contributed by atoms with Crippen LogP contribution >= 0.6 is 15.6 Å². The van der Waals surface area contributed by atoms with Crippen molar-refractivity contribution in [2.45, 2.75) is 212 Å². The summed E-state index contributed by atoms with van der Waals surface area (Å²) in [6.07, 6.45) is 34.5.